The fraction of sp³-hybridized carbons (Fsp3) is 0.652. The molecule has 0 radical (unpaired) electrons. The molecule has 8 nitrogen and oxygen atoms in total. The van der Waals surface area contributed by atoms with E-state index in [-0.39, 0.29) is 35.8 Å². The number of nitrogens with one attached hydrogen (secondary N) is 1. The van der Waals surface area contributed by atoms with Crippen LogP contribution in [0.1, 0.15) is 51.9 Å². The summed E-state index contributed by atoms with van der Waals surface area (Å²) >= 11 is 1.31. The summed E-state index contributed by atoms with van der Waals surface area (Å²) in [5.74, 6) is 0.242. The maximum Gasteiger partial charge on any atom is 0.332 e. The summed E-state index contributed by atoms with van der Waals surface area (Å²) < 4.78 is 3.31. The van der Waals surface area contributed by atoms with E-state index >= 15 is 0 Å². The molecule has 2 amide bonds. The fourth-order valence-corrected chi connectivity index (χ4v) is 5.75. The predicted octanol–water partition coefficient (Wildman–Crippen LogP) is 2.18. The average molecular weight is 461 g/mol. The van der Waals surface area contributed by atoms with Crippen molar-refractivity contribution in [1.29, 1.82) is 0 Å². The van der Waals surface area contributed by atoms with E-state index in [2.05, 4.69) is 5.32 Å². The number of aromatic nitrogens is 2. The molecule has 0 bridgehead atoms. The molecule has 1 N–H and O–H groups in total. The van der Waals surface area contributed by atoms with E-state index in [1.54, 1.807) is 16.3 Å². The fourth-order valence-electron chi connectivity index (χ4n) is 4.91. The van der Waals surface area contributed by atoms with E-state index in [9.17, 15) is 19.2 Å². The third-order valence-electron chi connectivity index (χ3n) is 6.80. The van der Waals surface area contributed by atoms with Crippen molar-refractivity contribution in [3.05, 3.63) is 32.3 Å². The molecule has 0 spiro atoms. The first-order valence-corrected chi connectivity index (χ1v) is 12.6. The first-order valence-electron chi connectivity index (χ1n) is 11.8. The Morgan fingerprint density at radius 1 is 1.09 bits per heavy atom. The zero-order chi connectivity index (χ0) is 22.7. The number of likely N-dealkylation sites (tertiary alicyclic amines) is 1. The second-order valence-electron chi connectivity index (χ2n) is 9.02. The molecule has 1 aliphatic carbocycles. The summed E-state index contributed by atoms with van der Waals surface area (Å²) in [6.45, 7) is 4.50. The smallest absolute Gasteiger partial charge is 0.332 e. The quantitative estimate of drug-likeness (QED) is 0.685. The average Bonchev–Trinajstić information content (AvgIpc) is 3.51. The van der Waals surface area contributed by atoms with Gasteiger partial charge >= 0.3 is 5.69 Å². The highest BCUT2D eigenvalue weighted by molar-refractivity contribution is 7.17. The second kappa shape index (κ2) is 10.0. The maximum atomic E-state index is 13.3. The molecule has 2 fully saturated rings. The van der Waals surface area contributed by atoms with Gasteiger partial charge < -0.3 is 10.2 Å². The van der Waals surface area contributed by atoms with Crippen LogP contribution >= 0.6 is 11.3 Å². The zero-order valence-electron chi connectivity index (χ0n) is 18.7. The van der Waals surface area contributed by atoms with Crippen LogP contribution in [0.25, 0.3) is 10.2 Å². The van der Waals surface area contributed by atoms with Gasteiger partial charge in [-0.1, -0.05) is 6.92 Å². The van der Waals surface area contributed by atoms with Crippen molar-refractivity contribution in [3.63, 3.8) is 0 Å². The molecule has 32 heavy (non-hydrogen) atoms. The topological polar surface area (TPSA) is 93.4 Å². The molecular weight excluding hydrogens is 428 g/mol. The first kappa shape index (κ1) is 22.8. The van der Waals surface area contributed by atoms with Crippen molar-refractivity contribution < 1.29 is 9.59 Å². The van der Waals surface area contributed by atoms with Crippen LogP contribution in [0.4, 0.5) is 0 Å². The largest absolute Gasteiger partial charge is 0.356 e. The highest BCUT2D eigenvalue weighted by Crippen LogP contribution is 2.29. The Labute approximate surface area is 191 Å². The van der Waals surface area contributed by atoms with Gasteiger partial charge in [-0.25, -0.2) is 4.79 Å². The molecule has 2 aromatic rings. The van der Waals surface area contributed by atoms with Crippen molar-refractivity contribution in [1.82, 2.24) is 19.4 Å². The van der Waals surface area contributed by atoms with Crippen LogP contribution in [-0.4, -0.2) is 45.5 Å². The summed E-state index contributed by atoms with van der Waals surface area (Å²) in [5, 5.41) is 4.77. The molecule has 0 aromatic carbocycles. The minimum absolute atomic E-state index is 0.0176. The van der Waals surface area contributed by atoms with Gasteiger partial charge in [-0.15, -0.1) is 11.3 Å². The number of hydrogen-bond donors (Lipinski definition) is 1. The van der Waals surface area contributed by atoms with Gasteiger partial charge in [0.1, 0.15) is 11.2 Å². The number of amides is 2. The molecule has 1 saturated carbocycles. The molecule has 3 heterocycles. The molecule has 4 rings (SSSR count). The molecule has 2 aliphatic rings. The van der Waals surface area contributed by atoms with Crippen LogP contribution in [0.5, 0.6) is 0 Å². The second-order valence-corrected chi connectivity index (χ2v) is 9.93. The molecule has 1 saturated heterocycles. The summed E-state index contributed by atoms with van der Waals surface area (Å²) in [6.07, 6.45) is 6.08. The Bertz CT molecular complexity index is 1090. The van der Waals surface area contributed by atoms with Gasteiger partial charge in [0, 0.05) is 32.1 Å². The Morgan fingerprint density at radius 2 is 1.81 bits per heavy atom. The van der Waals surface area contributed by atoms with Gasteiger partial charge in [-0.2, -0.15) is 0 Å². The minimum atomic E-state index is -0.406. The van der Waals surface area contributed by atoms with E-state index in [1.165, 1.54) is 20.5 Å². The summed E-state index contributed by atoms with van der Waals surface area (Å²) in [6, 6.07) is 1.75. The van der Waals surface area contributed by atoms with Gasteiger partial charge in [0.25, 0.3) is 5.56 Å². The van der Waals surface area contributed by atoms with E-state index in [0.29, 0.717) is 23.3 Å². The van der Waals surface area contributed by atoms with Gasteiger partial charge in [0.05, 0.1) is 5.52 Å². The van der Waals surface area contributed by atoms with Gasteiger partial charge in [-0.05, 0) is 62.3 Å². The lowest BCUT2D eigenvalue weighted by Gasteiger charge is -2.28. The van der Waals surface area contributed by atoms with Crippen LogP contribution < -0.4 is 16.6 Å². The normalized spacial score (nSPS) is 21.2. The summed E-state index contributed by atoms with van der Waals surface area (Å²) in [7, 11) is 0. The SMILES string of the molecule is CCCNC(=O)C1CCC(Cn2c(=O)c3sccc3n(CC(=O)N3CCCC3)c2=O)CC1. The predicted molar refractivity (Wildman–Crippen MR) is 125 cm³/mol. The van der Waals surface area contributed by atoms with Crippen LogP contribution in [0.15, 0.2) is 21.0 Å². The molecule has 2 aromatic heterocycles. The lowest BCUT2D eigenvalue weighted by molar-refractivity contribution is -0.130. The van der Waals surface area contributed by atoms with E-state index < -0.39 is 5.69 Å². The molecule has 9 heteroatoms. The minimum Gasteiger partial charge on any atom is -0.356 e. The Balaban J connectivity index is 1.52. The Hall–Kier alpha value is -2.42. The van der Waals surface area contributed by atoms with Crippen molar-refractivity contribution in [2.24, 2.45) is 11.8 Å². The number of thiophene rings is 1. The molecule has 1 aliphatic heterocycles. The van der Waals surface area contributed by atoms with Crippen LogP contribution in [-0.2, 0) is 22.7 Å². The number of rotatable bonds is 7. The summed E-state index contributed by atoms with van der Waals surface area (Å²) in [5.41, 5.74) is -0.131. The van der Waals surface area contributed by atoms with Crippen molar-refractivity contribution >= 4 is 33.4 Å². The number of fused-ring (bicyclic) bond motifs is 1. The highest BCUT2D eigenvalue weighted by Gasteiger charge is 2.28. The molecule has 0 atom stereocenters. The zero-order valence-corrected chi connectivity index (χ0v) is 19.5. The molecular formula is C23H32N4O4S. The van der Waals surface area contributed by atoms with Gasteiger partial charge in [0.2, 0.25) is 11.8 Å². The monoisotopic (exact) mass is 460 g/mol. The molecule has 0 unspecified atom stereocenters. The van der Waals surface area contributed by atoms with Crippen LogP contribution in [0.2, 0.25) is 0 Å². The maximum absolute atomic E-state index is 13.3. The standard InChI is InChI=1S/C23H32N4O4S/c1-2-10-24-21(29)17-7-5-16(6-8-17)14-27-22(30)20-18(9-13-32-20)26(23(27)31)15-19(28)25-11-3-4-12-25/h9,13,16-17H,2-8,10-12,14-15H2,1H3,(H,24,29). The van der Waals surface area contributed by atoms with Gasteiger partial charge in [-0.3, -0.25) is 23.5 Å². The Morgan fingerprint density at radius 3 is 2.50 bits per heavy atom. The number of hydrogen-bond acceptors (Lipinski definition) is 5. The third-order valence-corrected chi connectivity index (χ3v) is 7.69. The van der Waals surface area contributed by atoms with Crippen LogP contribution in [0.3, 0.4) is 0 Å². The number of carbonyl (C=O) groups is 2. The lowest BCUT2D eigenvalue weighted by atomic mass is 9.81. The third kappa shape index (κ3) is 4.67. The Kier molecular flexibility index (Phi) is 7.13. The van der Waals surface area contributed by atoms with Crippen molar-refractivity contribution in [2.75, 3.05) is 19.6 Å². The van der Waals surface area contributed by atoms with Crippen LogP contribution in [0, 0.1) is 11.8 Å². The van der Waals surface area contributed by atoms with Crippen molar-refractivity contribution in [2.45, 2.75) is 65.0 Å². The van der Waals surface area contributed by atoms with Crippen molar-refractivity contribution in [3.8, 4) is 0 Å². The first-order chi connectivity index (χ1) is 15.5. The summed E-state index contributed by atoms with van der Waals surface area (Å²) in [4.78, 5) is 53.2. The lowest BCUT2D eigenvalue weighted by Crippen LogP contribution is -2.44. The number of carbonyl (C=O) groups excluding carboxylic acids is 2. The molecule has 174 valence electrons. The van der Waals surface area contributed by atoms with Gasteiger partial charge in [0.15, 0.2) is 0 Å². The van der Waals surface area contributed by atoms with E-state index in [0.717, 1.165) is 58.0 Å². The van der Waals surface area contributed by atoms with E-state index in [4.69, 9.17) is 0 Å². The highest BCUT2D eigenvalue weighted by atomic mass is 32.1. The van der Waals surface area contributed by atoms with E-state index in [1.807, 2.05) is 6.92 Å². The number of nitrogens with zero attached hydrogens (tertiary/aromatic N) is 3.